The number of nitrogens with zero attached hydrogens (tertiary/aromatic N) is 1. The number of carbonyl (C=O) groups excluding carboxylic acids is 3. The van der Waals surface area contributed by atoms with Crippen molar-refractivity contribution in [2.45, 2.75) is 91.1 Å². The van der Waals surface area contributed by atoms with Crippen LogP contribution in [0.1, 0.15) is 84.2 Å². The molecule has 228 valence electrons. The lowest BCUT2D eigenvalue weighted by molar-refractivity contribution is -0.163. The van der Waals surface area contributed by atoms with E-state index in [1.54, 1.807) is 26.8 Å². The topological polar surface area (TPSA) is 193 Å². The molecule has 2 fully saturated rings. The summed E-state index contributed by atoms with van der Waals surface area (Å²) in [5.41, 5.74) is -0.820. The number of H-pyrrole nitrogens is 1. The van der Waals surface area contributed by atoms with E-state index in [-0.39, 0.29) is 30.0 Å². The summed E-state index contributed by atoms with van der Waals surface area (Å²) >= 11 is 0. The molecule has 0 spiro atoms. The van der Waals surface area contributed by atoms with Gasteiger partial charge < -0.3 is 34.1 Å². The van der Waals surface area contributed by atoms with Gasteiger partial charge in [0.15, 0.2) is 5.84 Å². The van der Waals surface area contributed by atoms with Crippen molar-refractivity contribution < 1.29 is 43.5 Å². The van der Waals surface area contributed by atoms with Gasteiger partial charge in [0.2, 0.25) is 6.79 Å². The molecule has 1 aromatic rings. The van der Waals surface area contributed by atoms with Gasteiger partial charge in [-0.3, -0.25) is 20.3 Å². The first-order valence-electron chi connectivity index (χ1n) is 13.8. The number of esters is 2. The van der Waals surface area contributed by atoms with Gasteiger partial charge in [-0.1, -0.05) is 19.3 Å². The van der Waals surface area contributed by atoms with Gasteiger partial charge in [0.05, 0.1) is 16.5 Å². The van der Waals surface area contributed by atoms with Crippen LogP contribution in [0.25, 0.3) is 0 Å². The summed E-state index contributed by atoms with van der Waals surface area (Å²) in [5, 5.41) is 30.9. The third kappa shape index (κ3) is 8.14. The first-order valence-corrected chi connectivity index (χ1v) is 13.8. The molecule has 3 rings (SSSR count). The van der Waals surface area contributed by atoms with E-state index in [9.17, 15) is 24.6 Å². The lowest BCUT2D eigenvalue weighted by Gasteiger charge is -2.35. The summed E-state index contributed by atoms with van der Waals surface area (Å²) in [6.45, 7) is 7.90. The second-order valence-corrected chi connectivity index (χ2v) is 12.0. The van der Waals surface area contributed by atoms with Gasteiger partial charge in [0.25, 0.3) is 0 Å². The van der Waals surface area contributed by atoms with E-state index in [2.05, 4.69) is 15.3 Å². The average molecular weight is 579 g/mol. The van der Waals surface area contributed by atoms with E-state index in [4.69, 9.17) is 24.4 Å². The van der Waals surface area contributed by atoms with Gasteiger partial charge in [0, 0.05) is 5.69 Å². The normalized spacial score (nSPS) is 24.0. The second kappa shape index (κ2) is 13.6. The number of nitrogens with one attached hydrogen (secondary N) is 3. The minimum Gasteiger partial charge on any atom is -0.462 e. The van der Waals surface area contributed by atoms with E-state index in [0.29, 0.717) is 12.0 Å². The number of ether oxygens (including phenoxy) is 4. The van der Waals surface area contributed by atoms with Crippen LogP contribution in [0.15, 0.2) is 17.1 Å². The number of hydrogen-bond acceptors (Lipinski definition) is 10. The fraction of sp³-hybridized carbons (Fsp3) is 0.679. The molecule has 1 aliphatic heterocycles. The molecule has 1 amide bonds. The number of aliphatic imine (C=N–C) groups is 1. The quantitative estimate of drug-likeness (QED) is 0.127. The van der Waals surface area contributed by atoms with Crippen molar-refractivity contribution in [1.82, 2.24) is 10.3 Å². The van der Waals surface area contributed by atoms with E-state index >= 15 is 0 Å². The van der Waals surface area contributed by atoms with Crippen molar-refractivity contribution in [1.29, 1.82) is 5.41 Å². The largest absolute Gasteiger partial charge is 0.462 e. The molecule has 13 heteroatoms. The van der Waals surface area contributed by atoms with E-state index in [1.807, 2.05) is 13.8 Å². The number of rotatable bonds is 9. The summed E-state index contributed by atoms with van der Waals surface area (Å²) in [7, 11) is 0. The van der Waals surface area contributed by atoms with Crippen LogP contribution < -0.4 is 5.32 Å². The minimum absolute atomic E-state index is 0.0816. The summed E-state index contributed by atoms with van der Waals surface area (Å²) in [6.07, 6.45) is 0.460. The van der Waals surface area contributed by atoms with Crippen molar-refractivity contribution >= 4 is 30.2 Å². The SMILES string of the molecule is CC(C)(C)C(=O)OCOC(=O)NC(=NC=N)c1ccc([C@@H]2O[C@H](COC(=O)C(C)(C)C3CCCCC3)[C@@H](O)[C@H]2O)[nH]1. The van der Waals surface area contributed by atoms with Gasteiger partial charge in [-0.25, -0.2) is 9.79 Å². The molecule has 41 heavy (non-hydrogen) atoms. The van der Waals surface area contributed by atoms with Gasteiger partial charge in [-0.05, 0) is 65.5 Å². The first-order chi connectivity index (χ1) is 19.3. The number of aliphatic hydroxyl groups excluding tert-OH is 2. The van der Waals surface area contributed by atoms with Gasteiger partial charge in [-0.15, -0.1) is 0 Å². The van der Waals surface area contributed by atoms with Gasteiger partial charge in [-0.2, -0.15) is 0 Å². The molecule has 0 bridgehead atoms. The molecule has 0 radical (unpaired) electrons. The highest BCUT2D eigenvalue weighted by molar-refractivity contribution is 6.07. The number of aromatic amines is 1. The molecule has 13 nitrogen and oxygen atoms in total. The summed E-state index contributed by atoms with van der Waals surface area (Å²) < 4.78 is 21.2. The third-order valence-corrected chi connectivity index (χ3v) is 7.57. The Hall–Kier alpha value is -3.29. The fourth-order valence-electron chi connectivity index (χ4n) is 4.91. The Labute approximate surface area is 239 Å². The first kappa shape index (κ1) is 32.2. The maximum atomic E-state index is 12.9. The van der Waals surface area contributed by atoms with Crippen LogP contribution in [0.2, 0.25) is 0 Å². The number of amides is 1. The highest BCUT2D eigenvalue weighted by Gasteiger charge is 2.46. The summed E-state index contributed by atoms with van der Waals surface area (Å²) in [4.78, 5) is 43.7. The predicted octanol–water partition coefficient (Wildman–Crippen LogP) is 2.95. The third-order valence-electron chi connectivity index (χ3n) is 7.57. The molecule has 0 aromatic carbocycles. The maximum Gasteiger partial charge on any atom is 0.415 e. The Bertz CT molecular complexity index is 1120. The number of amidine groups is 1. The minimum atomic E-state index is -1.32. The zero-order valence-corrected chi connectivity index (χ0v) is 24.3. The van der Waals surface area contributed by atoms with Crippen LogP contribution in [0.3, 0.4) is 0 Å². The molecule has 2 aliphatic rings. The Balaban J connectivity index is 1.58. The molecule has 1 aromatic heterocycles. The van der Waals surface area contributed by atoms with Crippen molar-refractivity contribution in [2.24, 2.45) is 21.7 Å². The number of alkyl carbamates (subject to hydrolysis) is 1. The molecule has 1 aliphatic carbocycles. The Morgan fingerprint density at radius 1 is 1.05 bits per heavy atom. The molecule has 2 heterocycles. The Morgan fingerprint density at radius 2 is 1.73 bits per heavy atom. The smallest absolute Gasteiger partial charge is 0.415 e. The molecule has 0 unspecified atom stereocenters. The molecule has 4 atom stereocenters. The Morgan fingerprint density at radius 3 is 2.37 bits per heavy atom. The Kier molecular flexibility index (Phi) is 10.7. The standard InChI is InChI=1S/C28H42N4O9/c1-27(2,3)24(35)39-15-40-26(37)32-23(30-14-29)18-12-11-17(31-18)22-21(34)20(33)19(41-22)13-38-25(36)28(4,5)16-9-7-6-8-10-16/h11-12,14,16,19-22,31,33-34H,6-10,13,15H2,1-5H3,(H2,29,30,32,37)/t19-,20-,21-,22+/m1/s1. The second-order valence-electron chi connectivity index (χ2n) is 12.0. The summed E-state index contributed by atoms with van der Waals surface area (Å²) in [6, 6.07) is 3.09. The zero-order valence-electron chi connectivity index (χ0n) is 24.3. The van der Waals surface area contributed by atoms with Crippen molar-refractivity contribution in [3.63, 3.8) is 0 Å². The number of aliphatic hydroxyl groups is 2. The fourth-order valence-corrected chi connectivity index (χ4v) is 4.91. The van der Waals surface area contributed by atoms with E-state index < -0.39 is 54.1 Å². The predicted molar refractivity (Wildman–Crippen MR) is 147 cm³/mol. The van der Waals surface area contributed by atoms with Crippen LogP contribution in [0.5, 0.6) is 0 Å². The lowest BCUT2D eigenvalue weighted by Crippen LogP contribution is -2.39. The monoisotopic (exact) mass is 578 g/mol. The van der Waals surface area contributed by atoms with Crippen molar-refractivity contribution in [2.75, 3.05) is 13.4 Å². The van der Waals surface area contributed by atoms with Crippen molar-refractivity contribution in [3.8, 4) is 0 Å². The van der Waals surface area contributed by atoms with E-state index in [0.717, 1.165) is 25.7 Å². The van der Waals surface area contributed by atoms with Crippen LogP contribution in [-0.4, -0.2) is 77.1 Å². The van der Waals surface area contributed by atoms with Gasteiger partial charge >= 0.3 is 18.0 Å². The van der Waals surface area contributed by atoms with Crippen LogP contribution in [-0.2, 0) is 28.5 Å². The molecular formula is C28H42N4O9. The van der Waals surface area contributed by atoms with Gasteiger partial charge in [0.1, 0.15) is 37.4 Å². The van der Waals surface area contributed by atoms with Crippen LogP contribution >= 0.6 is 0 Å². The number of carbonyl (C=O) groups is 3. The zero-order chi connectivity index (χ0) is 30.4. The number of aromatic nitrogens is 1. The molecular weight excluding hydrogens is 536 g/mol. The average Bonchev–Trinajstić information content (AvgIpc) is 3.52. The van der Waals surface area contributed by atoms with Crippen LogP contribution in [0, 0.1) is 22.2 Å². The molecule has 1 saturated heterocycles. The van der Waals surface area contributed by atoms with Crippen molar-refractivity contribution in [3.05, 3.63) is 23.5 Å². The molecule has 1 saturated carbocycles. The highest BCUT2D eigenvalue weighted by atomic mass is 16.7. The molecule has 5 N–H and O–H groups in total. The van der Waals surface area contributed by atoms with E-state index in [1.165, 1.54) is 12.5 Å². The van der Waals surface area contributed by atoms with Crippen LogP contribution in [0.4, 0.5) is 4.79 Å². The number of hydrogen-bond donors (Lipinski definition) is 5. The summed E-state index contributed by atoms with van der Waals surface area (Å²) in [5.74, 6) is -0.762. The lowest BCUT2D eigenvalue weighted by atomic mass is 9.71. The maximum absolute atomic E-state index is 12.9. The highest BCUT2D eigenvalue weighted by Crippen LogP contribution is 2.40.